The van der Waals surface area contributed by atoms with E-state index in [2.05, 4.69) is 53.0 Å². The largest absolute Gasteiger partial charge is 0.396 e. The molecule has 1 fully saturated rings. The second-order valence-corrected chi connectivity index (χ2v) is 8.09. The van der Waals surface area contributed by atoms with Gasteiger partial charge in [0.1, 0.15) is 0 Å². The van der Waals surface area contributed by atoms with Crippen LogP contribution in [0, 0.1) is 5.92 Å². The van der Waals surface area contributed by atoms with E-state index in [0.717, 1.165) is 45.0 Å². The Bertz CT molecular complexity index is 548. The van der Waals surface area contributed by atoms with E-state index >= 15 is 0 Å². The molecule has 0 spiro atoms. The molecule has 2 rings (SSSR count). The molecule has 0 unspecified atom stereocenters. The van der Waals surface area contributed by atoms with Crippen molar-refractivity contribution in [2.45, 2.75) is 39.2 Å². The third-order valence-corrected chi connectivity index (χ3v) is 5.70. The fraction of sp³-hybridized carbons (Fsp3) is 0.667. The van der Waals surface area contributed by atoms with Crippen molar-refractivity contribution < 1.29 is 5.11 Å². The van der Waals surface area contributed by atoms with Gasteiger partial charge in [-0.3, -0.25) is 0 Å². The Kier molecular flexibility index (Phi) is 13.8. The number of anilines is 1. The fourth-order valence-electron chi connectivity index (χ4n) is 3.28. The van der Waals surface area contributed by atoms with E-state index in [4.69, 9.17) is 4.99 Å². The summed E-state index contributed by atoms with van der Waals surface area (Å²) in [5.41, 5.74) is 2.50. The quantitative estimate of drug-likeness (QED) is 0.190. The number of nitrogens with one attached hydrogen (secondary N) is 2. The van der Waals surface area contributed by atoms with E-state index in [1.54, 1.807) is 0 Å². The third kappa shape index (κ3) is 9.22. The summed E-state index contributed by atoms with van der Waals surface area (Å²) in [5, 5.41) is 16.0. The molecule has 1 heterocycles. The molecule has 1 saturated heterocycles. The number of aliphatic hydroxyl groups excluding tert-OH is 1. The summed E-state index contributed by atoms with van der Waals surface area (Å²) in [7, 11) is 0. The van der Waals surface area contributed by atoms with Crippen molar-refractivity contribution in [3.05, 3.63) is 29.8 Å². The van der Waals surface area contributed by atoms with Crippen LogP contribution in [0.1, 0.15) is 38.2 Å². The smallest absolute Gasteiger partial charge is 0.191 e. The van der Waals surface area contributed by atoms with Crippen LogP contribution < -0.4 is 15.5 Å². The van der Waals surface area contributed by atoms with Crippen molar-refractivity contribution in [2.75, 3.05) is 49.7 Å². The average molecular weight is 521 g/mol. The van der Waals surface area contributed by atoms with E-state index in [1.165, 1.54) is 29.8 Å². The van der Waals surface area contributed by atoms with Crippen molar-refractivity contribution in [3.8, 4) is 0 Å². The standard InChI is InChI=1S/C21H36N4OS.HI/c1-3-22-21(23-12-4-5-15-27-2)24-16-18-6-8-20(9-7-18)25-13-10-19(17-26)11-14-25;/h6-9,19,26H,3-5,10-17H2,1-2H3,(H2,22,23,24);1H. The molecule has 0 atom stereocenters. The van der Waals surface area contributed by atoms with Crippen molar-refractivity contribution in [2.24, 2.45) is 10.9 Å². The highest BCUT2D eigenvalue weighted by atomic mass is 127. The van der Waals surface area contributed by atoms with Gasteiger partial charge in [0.2, 0.25) is 0 Å². The zero-order chi connectivity index (χ0) is 19.3. The van der Waals surface area contributed by atoms with Crippen molar-refractivity contribution in [3.63, 3.8) is 0 Å². The first kappa shape index (κ1) is 25.4. The number of guanidine groups is 1. The van der Waals surface area contributed by atoms with E-state index in [9.17, 15) is 5.11 Å². The van der Waals surface area contributed by atoms with Gasteiger partial charge in [-0.05, 0) is 68.2 Å². The van der Waals surface area contributed by atoms with E-state index < -0.39 is 0 Å². The zero-order valence-corrected chi connectivity index (χ0v) is 20.5. The summed E-state index contributed by atoms with van der Waals surface area (Å²) in [6.07, 6.45) is 6.73. The van der Waals surface area contributed by atoms with Gasteiger partial charge in [0.05, 0.1) is 6.54 Å². The van der Waals surface area contributed by atoms with Crippen LogP contribution in [0.3, 0.4) is 0 Å². The summed E-state index contributed by atoms with van der Waals surface area (Å²) in [4.78, 5) is 7.13. The molecule has 5 nitrogen and oxygen atoms in total. The number of hydrogen-bond donors (Lipinski definition) is 3. The number of piperidine rings is 1. The first-order valence-electron chi connectivity index (χ1n) is 10.2. The molecule has 1 aliphatic rings. The number of unbranched alkanes of at least 4 members (excludes halogenated alkanes) is 1. The number of nitrogens with zero attached hydrogens (tertiary/aromatic N) is 2. The van der Waals surface area contributed by atoms with Crippen LogP contribution in [0.5, 0.6) is 0 Å². The molecule has 1 aromatic rings. The van der Waals surface area contributed by atoms with Gasteiger partial charge in [0.15, 0.2) is 5.96 Å². The Hall–Kier alpha value is -0.670. The number of thioether (sulfide) groups is 1. The normalized spacial score (nSPS) is 15.2. The first-order valence-corrected chi connectivity index (χ1v) is 11.6. The molecule has 28 heavy (non-hydrogen) atoms. The van der Waals surface area contributed by atoms with E-state index in [1.807, 2.05) is 11.8 Å². The monoisotopic (exact) mass is 520 g/mol. The molecule has 0 aliphatic carbocycles. The lowest BCUT2D eigenvalue weighted by Gasteiger charge is -2.32. The number of aliphatic imine (C=N–C) groups is 1. The molecule has 0 radical (unpaired) electrons. The van der Waals surface area contributed by atoms with Gasteiger partial charge in [-0.2, -0.15) is 11.8 Å². The minimum Gasteiger partial charge on any atom is -0.396 e. The van der Waals surface area contributed by atoms with Gasteiger partial charge in [0, 0.05) is 38.5 Å². The maximum absolute atomic E-state index is 9.28. The number of rotatable bonds is 10. The average Bonchev–Trinajstić information content (AvgIpc) is 2.72. The van der Waals surface area contributed by atoms with Gasteiger partial charge in [-0.1, -0.05) is 12.1 Å². The van der Waals surface area contributed by atoms with Crippen molar-refractivity contribution in [1.82, 2.24) is 10.6 Å². The van der Waals surface area contributed by atoms with Crippen molar-refractivity contribution >= 4 is 47.4 Å². The first-order chi connectivity index (χ1) is 13.3. The highest BCUT2D eigenvalue weighted by Gasteiger charge is 2.18. The van der Waals surface area contributed by atoms with Gasteiger partial charge in [-0.15, -0.1) is 24.0 Å². The van der Waals surface area contributed by atoms with Crippen molar-refractivity contribution in [1.29, 1.82) is 0 Å². The minimum absolute atomic E-state index is 0. The van der Waals surface area contributed by atoms with Gasteiger partial charge >= 0.3 is 0 Å². The molecular formula is C21H37IN4OS. The van der Waals surface area contributed by atoms with Crippen LogP contribution in [0.2, 0.25) is 0 Å². The molecular weight excluding hydrogens is 483 g/mol. The van der Waals surface area contributed by atoms with Crippen LogP contribution in [-0.2, 0) is 6.54 Å². The zero-order valence-electron chi connectivity index (χ0n) is 17.3. The maximum Gasteiger partial charge on any atom is 0.191 e. The van der Waals surface area contributed by atoms with Crippen LogP contribution in [0.15, 0.2) is 29.3 Å². The Labute approximate surface area is 192 Å². The minimum atomic E-state index is 0. The second kappa shape index (κ2) is 15.2. The molecule has 0 bridgehead atoms. The summed E-state index contributed by atoms with van der Waals surface area (Å²) in [6.45, 7) is 7.02. The summed E-state index contributed by atoms with van der Waals surface area (Å²) < 4.78 is 0. The Morgan fingerprint density at radius 3 is 2.50 bits per heavy atom. The number of aliphatic hydroxyl groups is 1. The SMILES string of the molecule is CCNC(=NCc1ccc(N2CCC(CO)CC2)cc1)NCCCCSC.I. The van der Waals surface area contributed by atoms with Gasteiger partial charge < -0.3 is 20.6 Å². The van der Waals surface area contributed by atoms with E-state index in [-0.39, 0.29) is 24.0 Å². The molecule has 160 valence electrons. The lowest BCUT2D eigenvalue weighted by molar-refractivity contribution is 0.203. The number of benzene rings is 1. The summed E-state index contributed by atoms with van der Waals surface area (Å²) in [6, 6.07) is 8.76. The van der Waals surface area contributed by atoms with Crippen LogP contribution in [-0.4, -0.2) is 55.9 Å². The van der Waals surface area contributed by atoms with Gasteiger partial charge in [-0.25, -0.2) is 4.99 Å². The lowest BCUT2D eigenvalue weighted by atomic mass is 9.97. The topological polar surface area (TPSA) is 59.9 Å². The van der Waals surface area contributed by atoms with E-state index in [0.29, 0.717) is 19.1 Å². The second-order valence-electron chi connectivity index (χ2n) is 7.10. The predicted molar refractivity (Wildman–Crippen MR) is 134 cm³/mol. The van der Waals surface area contributed by atoms with Crippen LogP contribution in [0.25, 0.3) is 0 Å². The maximum atomic E-state index is 9.28. The molecule has 0 saturated carbocycles. The number of halogens is 1. The lowest BCUT2D eigenvalue weighted by Crippen LogP contribution is -2.37. The van der Waals surface area contributed by atoms with Crippen LogP contribution in [0.4, 0.5) is 5.69 Å². The molecule has 1 aliphatic heterocycles. The summed E-state index contributed by atoms with van der Waals surface area (Å²) in [5.74, 6) is 2.60. The molecule has 0 aromatic heterocycles. The number of hydrogen-bond acceptors (Lipinski definition) is 4. The van der Waals surface area contributed by atoms with Crippen LogP contribution >= 0.6 is 35.7 Å². The Morgan fingerprint density at radius 1 is 1.18 bits per heavy atom. The Balaban J connectivity index is 0.00000392. The highest BCUT2D eigenvalue weighted by Crippen LogP contribution is 2.23. The molecule has 7 heteroatoms. The molecule has 3 N–H and O–H groups in total. The predicted octanol–water partition coefficient (Wildman–Crippen LogP) is 3.71. The molecule has 0 amide bonds. The van der Waals surface area contributed by atoms with Gasteiger partial charge in [0.25, 0.3) is 0 Å². The molecule has 1 aromatic carbocycles. The third-order valence-electron chi connectivity index (χ3n) is 5.01. The Morgan fingerprint density at radius 2 is 1.89 bits per heavy atom. The fourth-order valence-corrected chi connectivity index (χ4v) is 3.77. The summed E-state index contributed by atoms with van der Waals surface area (Å²) >= 11 is 1.90. The highest BCUT2D eigenvalue weighted by molar-refractivity contribution is 14.0.